The third kappa shape index (κ3) is 4.10. The molecule has 2 N–H and O–H groups in total. The van der Waals surface area contributed by atoms with Crippen LogP contribution >= 0.6 is 0 Å². The van der Waals surface area contributed by atoms with Crippen molar-refractivity contribution in [1.29, 1.82) is 0 Å². The summed E-state index contributed by atoms with van der Waals surface area (Å²) in [6.45, 7) is 2.15. The lowest BCUT2D eigenvalue weighted by Crippen LogP contribution is -2.47. The Balaban J connectivity index is 1.93. The van der Waals surface area contributed by atoms with Gasteiger partial charge in [-0.05, 0) is 24.8 Å². The van der Waals surface area contributed by atoms with E-state index < -0.39 is 0 Å². The number of hydrogen-bond acceptors (Lipinski definition) is 2. The fourth-order valence-corrected chi connectivity index (χ4v) is 3.32. The average molecular weight is 303 g/mol. The summed E-state index contributed by atoms with van der Waals surface area (Å²) >= 11 is 0. The van der Waals surface area contributed by atoms with E-state index in [0.717, 1.165) is 37.7 Å². The van der Waals surface area contributed by atoms with Crippen LogP contribution < -0.4 is 5.32 Å². The molecule has 1 saturated carbocycles. The number of rotatable bonds is 9. The Bertz CT molecular complexity index is 454. The highest BCUT2D eigenvalue weighted by molar-refractivity contribution is 5.83. The molecule has 22 heavy (non-hydrogen) atoms. The molecule has 0 radical (unpaired) electrons. The predicted octanol–water partition coefficient (Wildman–Crippen LogP) is 3.98. The lowest BCUT2D eigenvalue weighted by atomic mass is 9.65. The van der Waals surface area contributed by atoms with E-state index in [9.17, 15) is 9.90 Å². The van der Waals surface area contributed by atoms with Crippen LogP contribution in [0, 0.1) is 5.41 Å². The van der Waals surface area contributed by atoms with E-state index >= 15 is 0 Å². The van der Waals surface area contributed by atoms with E-state index in [4.69, 9.17) is 0 Å². The maximum absolute atomic E-state index is 12.7. The summed E-state index contributed by atoms with van der Waals surface area (Å²) in [5, 5.41) is 12.7. The van der Waals surface area contributed by atoms with Crippen molar-refractivity contribution in [3.05, 3.63) is 35.9 Å². The maximum atomic E-state index is 12.7. The largest absolute Gasteiger partial charge is 0.394 e. The maximum Gasteiger partial charge on any atom is 0.226 e. The zero-order valence-electron chi connectivity index (χ0n) is 13.7. The molecule has 0 heterocycles. The van der Waals surface area contributed by atoms with Crippen LogP contribution in [0.5, 0.6) is 0 Å². The minimum Gasteiger partial charge on any atom is -0.394 e. The third-order valence-electron chi connectivity index (χ3n) is 4.99. The Morgan fingerprint density at radius 1 is 1.23 bits per heavy atom. The first-order valence-corrected chi connectivity index (χ1v) is 8.68. The molecule has 0 aliphatic heterocycles. The van der Waals surface area contributed by atoms with E-state index in [-0.39, 0.29) is 24.0 Å². The Morgan fingerprint density at radius 2 is 1.95 bits per heavy atom. The lowest BCUT2D eigenvalue weighted by molar-refractivity contribution is -0.137. The molecular formula is C19H29NO2. The van der Waals surface area contributed by atoms with Crippen molar-refractivity contribution >= 4 is 5.91 Å². The summed E-state index contributed by atoms with van der Waals surface area (Å²) in [4.78, 5) is 12.7. The molecule has 0 aromatic heterocycles. The monoisotopic (exact) mass is 303 g/mol. The van der Waals surface area contributed by atoms with Gasteiger partial charge in [0.1, 0.15) is 0 Å². The predicted molar refractivity (Wildman–Crippen MR) is 89.5 cm³/mol. The first-order valence-electron chi connectivity index (χ1n) is 8.68. The molecule has 0 saturated heterocycles. The Hall–Kier alpha value is -1.35. The zero-order chi connectivity index (χ0) is 15.8. The quantitative estimate of drug-likeness (QED) is 0.678. The molecule has 0 spiro atoms. The van der Waals surface area contributed by atoms with Crippen molar-refractivity contribution in [2.45, 2.75) is 64.3 Å². The lowest BCUT2D eigenvalue weighted by Gasteiger charge is -2.41. The number of benzene rings is 1. The van der Waals surface area contributed by atoms with Gasteiger partial charge in [0.25, 0.3) is 0 Å². The number of unbranched alkanes of at least 4 members (excludes halogenated alkanes) is 3. The molecule has 1 atom stereocenters. The second-order valence-electron chi connectivity index (χ2n) is 6.56. The number of aliphatic hydroxyl groups excluding tert-OH is 1. The van der Waals surface area contributed by atoms with Crippen molar-refractivity contribution in [3.63, 3.8) is 0 Å². The highest BCUT2D eigenvalue weighted by Gasteiger charge is 2.43. The minimum atomic E-state index is -0.290. The van der Waals surface area contributed by atoms with Gasteiger partial charge in [-0.1, -0.05) is 69.4 Å². The average Bonchev–Trinajstić information content (AvgIpc) is 2.51. The van der Waals surface area contributed by atoms with Crippen LogP contribution in [0.15, 0.2) is 30.3 Å². The number of amides is 1. The fourth-order valence-electron chi connectivity index (χ4n) is 3.32. The number of carbonyl (C=O) groups excluding carboxylic acids is 1. The molecule has 122 valence electrons. The van der Waals surface area contributed by atoms with Gasteiger partial charge >= 0.3 is 0 Å². The van der Waals surface area contributed by atoms with Gasteiger partial charge in [0.2, 0.25) is 5.91 Å². The molecule has 1 fully saturated rings. The Kier molecular flexibility index (Phi) is 6.44. The number of carbonyl (C=O) groups is 1. The standard InChI is InChI=1S/C19H29NO2/c1-2-3-4-8-12-19(13-9-14-19)18(22)20-17(15-21)16-10-6-5-7-11-16/h5-7,10-11,17,21H,2-4,8-9,12-15H2,1H3,(H,20,22)/t17-/m0/s1. The van der Waals surface area contributed by atoms with Crippen molar-refractivity contribution < 1.29 is 9.90 Å². The SMILES string of the molecule is CCCCCCC1(C(=O)N[C@@H](CO)c2ccccc2)CCC1. The topological polar surface area (TPSA) is 49.3 Å². The van der Waals surface area contributed by atoms with Crippen molar-refractivity contribution in [3.8, 4) is 0 Å². The van der Waals surface area contributed by atoms with Crippen molar-refractivity contribution in [2.24, 2.45) is 5.41 Å². The number of aliphatic hydroxyl groups is 1. The van der Waals surface area contributed by atoms with Gasteiger partial charge in [-0.3, -0.25) is 4.79 Å². The molecule has 1 amide bonds. The third-order valence-corrected chi connectivity index (χ3v) is 4.99. The first-order chi connectivity index (χ1) is 10.7. The van der Waals surface area contributed by atoms with Crippen LogP contribution in [0.3, 0.4) is 0 Å². The second-order valence-corrected chi connectivity index (χ2v) is 6.56. The summed E-state index contributed by atoms with van der Waals surface area (Å²) in [5.41, 5.74) is 0.800. The van der Waals surface area contributed by atoms with E-state index in [0.29, 0.717) is 0 Å². The molecule has 0 bridgehead atoms. The highest BCUT2D eigenvalue weighted by Crippen LogP contribution is 2.45. The van der Waals surface area contributed by atoms with Crippen LogP contribution in [0.4, 0.5) is 0 Å². The molecule has 0 unspecified atom stereocenters. The molecular weight excluding hydrogens is 274 g/mol. The molecule has 3 nitrogen and oxygen atoms in total. The zero-order valence-corrected chi connectivity index (χ0v) is 13.7. The molecule has 1 aliphatic carbocycles. The van der Waals surface area contributed by atoms with Crippen molar-refractivity contribution in [2.75, 3.05) is 6.61 Å². The highest BCUT2D eigenvalue weighted by atomic mass is 16.3. The molecule has 1 aliphatic rings. The van der Waals surface area contributed by atoms with Crippen LogP contribution in [0.2, 0.25) is 0 Å². The van der Waals surface area contributed by atoms with E-state index in [1.807, 2.05) is 30.3 Å². The summed E-state index contributed by atoms with van der Waals surface area (Å²) in [6, 6.07) is 9.44. The van der Waals surface area contributed by atoms with Gasteiger partial charge in [0, 0.05) is 5.41 Å². The van der Waals surface area contributed by atoms with E-state index in [1.54, 1.807) is 0 Å². The smallest absolute Gasteiger partial charge is 0.226 e. The van der Waals surface area contributed by atoms with Gasteiger partial charge in [0.05, 0.1) is 12.6 Å². The normalized spacial score (nSPS) is 17.5. The van der Waals surface area contributed by atoms with E-state index in [2.05, 4.69) is 12.2 Å². The summed E-state index contributed by atoms with van der Waals surface area (Å²) < 4.78 is 0. The van der Waals surface area contributed by atoms with Crippen LogP contribution in [0.1, 0.15) is 69.9 Å². The summed E-state index contributed by atoms with van der Waals surface area (Å²) in [6.07, 6.45) is 8.96. The van der Waals surface area contributed by atoms with Gasteiger partial charge in [-0.25, -0.2) is 0 Å². The number of hydrogen-bond donors (Lipinski definition) is 2. The summed E-state index contributed by atoms with van der Waals surface area (Å²) in [7, 11) is 0. The molecule has 2 rings (SSSR count). The van der Waals surface area contributed by atoms with Gasteiger partial charge in [-0.2, -0.15) is 0 Å². The Labute approximate surface area is 134 Å². The van der Waals surface area contributed by atoms with Gasteiger partial charge in [-0.15, -0.1) is 0 Å². The molecule has 3 heteroatoms. The summed E-state index contributed by atoms with van der Waals surface area (Å²) in [5.74, 6) is 0.137. The van der Waals surface area contributed by atoms with E-state index in [1.165, 1.54) is 19.3 Å². The Morgan fingerprint density at radius 3 is 2.50 bits per heavy atom. The van der Waals surface area contributed by atoms with Crippen LogP contribution in [-0.4, -0.2) is 17.6 Å². The number of nitrogens with one attached hydrogen (secondary N) is 1. The first kappa shape index (κ1) is 17.0. The fraction of sp³-hybridized carbons (Fsp3) is 0.632. The van der Waals surface area contributed by atoms with Gasteiger partial charge in [0.15, 0.2) is 0 Å². The second kappa shape index (κ2) is 8.33. The molecule has 1 aromatic carbocycles. The van der Waals surface area contributed by atoms with Crippen LogP contribution in [0.25, 0.3) is 0 Å². The van der Waals surface area contributed by atoms with Gasteiger partial charge < -0.3 is 10.4 Å². The van der Waals surface area contributed by atoms with Crippen molar-refractivity contribution in [1.82, 2.24) is 5.32 Å². The van der Waals surface area contributed by atoms with Crippen LogP contribution in [-0.2, 0) is 4.79 Å². The molecule has 1 aromatic rings. The minimum absolute atomic E-state index is 0.0539.